The third-order valence-corrected chi connectivity index (χ3v) is 6.17. The van der Waals surface area contributed by atoms with Crippen LogP contribution in [0.25, 0.3) is 0 Å². The first kappa shape index (κ1) is 18.4. The lowest BCUT2D eigenvalue weighted by Crippen LogP contribution is -2.22. The summed E-state index contributed by atoms with van der Waals surface area (Å²) in [4.78, 5) is 23.0. The molecule has 1 N–H and O–H groups in total. The second kappa shape index (κ2) is 8.71. The molecule has 0 radical (unpaired) electrons. The highest BCUT2D eigenvalue weighted by molar-refractivity contribution is 14.1. The standard InChI is InChI=1S/C13H13I3O4/c1-2-3-8(6-11(17)18)20-13(19)9-4-7(14)5-10(15)12(9)16/h4-5,8H,2-3,6H2,1H3,(H,17,18). The molecule has 1 unspecified atom stereocenters. The lowest BCUT2D eigenvalue weighted by atomic mass is 10.1. The summed E-state index contributed by atoms with van der Waals surface area (Å²) in [6.45, 7) is 1.93. The van der Waals surface area contributed by atoms with Crippen LogP contribution >= 0.6 is 67.8 Å². The fourth-order valence-electron chi connectivity index (χ4n) is 1.64. The Kier molecular flexibility index (Phi) is 8.01. The van der Waals surface area contributed by atoms with Crippen molar-refractivity contribution in [3.05, 3.63) is 28.4 Å². The van der Waals surface area contributed by atoms with Crippen LogP contribution in [0, 0.1) is 10.7 Å². The van der Waals surface area contributed by atoms with Crippen LogP contribution < -0.4 is 0 Å². The molecule has 0 saturated carbocycles. The number of rotatable bonds is 6. The van der Waals surface area contributed by atoms with E-state index in [9.17, 15) is 9.59 Å². The maximum atomic E-state index is 12.2. The average molecular weight is 614 g/mol. The van der Waals surface area contributed by atoms with E-state index in [2.05, 4.69) is 67.8 Å². The number of aliphatic carboxylic acids is 1. The minimum absolute atomic E-state index is 0.156. The van der Waals surface area contributed by atoms with Crippen molar-refractivity contribution in [1.29, 1.82) is 0 Å². The largest absolute Gasteiger partial charge is 0.481 e. The number of carbonyl (C=O) groups excluding carboxylic acids is 1. The van der Waals surface area contributed by atoms with Gasteiger partial charge in [0.05, 0.1) is 12.0 Å². The molecule has 4 nitrogen and oxygen atoms in total. The lowest BCUT2D eigenvalue weighted by Gasteiger charge is -2.16. The third kappa shape index (κ3) is 5.62. The molecule has 0 saturated heterocycles. The molecule has 0 heterocycles. The molecule has 1 aromatic carbocycles. The van der Waals surface area contributed by atoms with E-state index in [0.29, 0.717) is 12.0 Å². The first-order chi connectivity index (χ1) is 9.35. The van der Waals surface area contributed by atoms with Gasteiger partial charge in [-0.25, -0.2) is 4.79 Å². The second-order valence-electron chi connectivity index (χ2n) is 4.16. The van der Waals surface area contributed by atoms with Gasteiger partial charge in [0.25, 0.3) is 0 Å². The Morgan fingerprint density at radius 3 is 2.50 bits per heavy atom. The summed E-state index contributed by atoms with van der Waals surface area (Å²) in [6.07, 6.45) is 0.593. The molecule has 20 heavy (non-hydrogen) atoms. The second-order valence-corrected chi connectivity index (χ2v) is 7.65. The number of halogens is 3. The van der Waals surface area contributed by atoms with Crippen molar-refractivity contribution in [2.75, 3.05) is 0 Å². The lowest BCUT2D eigenvalue weighted by molar-refractivity contribution is -0.139. The predicted octanol–water partition coefficient (Wildman–Crippen LogP) is 4.30. The van der Waals surface area contributed by atoms with Crippen molar-refractivity contribution in [1.82, 2.24) is 0 Å². The van der Waals surface area contributed by atoms with Crippen LogP contribution in [0.3, 0.4) is 0 Å². The van der Waals surface area contributed by atoms with Crippen molar-refractivity contribution >= 4 is 79.7 Å². The van der Waals surface area contributed by atoms with Gasteiger partial charge in [0.15, 0.2) is 0 Å². The molecule has 0 bridgehead atoms. The summed E-state index contributed by atoms with van der Waals surface area (Å²) in [6, 6.07) is 3.73. The fraction of sp³-hybridized carbons (Fsp3) is 0.385. The summed E-state index contributed by atoms with van der Waals surface area (Å²) in [5.74, 6) is -1.41. The van der Waals surface area contributed by atoms with Crippen molar-refractivity contribution in [2.45, 2.75) is 32.3 Å². The monoisotopic (exact) mass is 614 g/mol. The number of carboxylic acid groups (broad SMARTS) is 1. The number of benzene rings is 1. The molecule has 0 aliphatic rings. The van der Waals surface area contributed by atoms with E-state index in [1.165, 1.54) is 0 Å². The van der Waals surface area contributed by atoms with E-state index in [-0.39, 0.29) is 6.42 Å². The highest BCUT2D eigenvalue weighted by Gasteiger charge is 2.21. The summed E-state index contributed by atoms with van der Waals surface area (Å²) >= 11 is 6.41. The Morgan fingerprint density at radius 2 is 1.95 bits per heavy atom. The van der Waals surface area contributed by atoms with Gasteiger partial charge in [0.2, 0.25) is 0 Å². The number of hydrogen-bond donors (Lipinski definition) is 1. The molecule has 0 spiro atoms. The molecule has 1 atom stereocenters. The van der Waals surface area contributed by atoms with Gasteiger partial charge in [-0.05, 0) is 86.3 Å². The smallest absolute Gasteiger partial charge is 0.339 e. The molecule has 0 fully saturated rings. The van der Waals surface area contributed by atoms with Gasteiger partial charge in [-0.1, -0.05) is 13.3 Å². The predicted molar refractivity (Wildman–Crippen MR) is 101 cm³/mol. The maximum absolute atomic E-state index is 12.2. The van der Waals surface area contributed by atoms with Crippen LogP contribution in [-0.4, -0.2) is 23.1 Å². The minimum Gasteiger partial charge on any atom is -0.481 e. The van der Waals surface area contributed by atoms with Crippen LogP contribution in [0.4, 0.5) is 0 Å². The number of hydrogen-bond acceptors (Lipinski definition) is 3. The van der Waals surface area contributed by atoms with E-state index in [1.807, 2.05) is 13.0 Å². The topological polar surface area (TPSA) is 63.6 Å². The molecular weight excluding hydrogens is 601 g/mol. The van der Waals surface area contributed by atoms with Crippen molar-refractivity contribution < 1.29 is 19.4 Å². The summed E-state index contributed by atoms with van der Waals surface area (Å²) < 4.78 is 8.11. The zero-order valence-corrected chi connectivity index (χ0v) is 17.1. The van der Waals surface area contributed by atoms with E-state index >= 15 is 0 Å². The van der Waals surface area contributed by atoms with Gasteiger partial charge in [0, 0.05) is 10.7 Å². The van der Waals surface area contributed by atoms with Crippen molar-refractivity contribution in [3.8, 4) is 0 Å². The minimum atomic E-state index is -0.955. The van der Waals surface area contributed by atoms with Crippen molar-refractivity contribution in [2.24, 2.45) is 0 Å². The zero-order valence-electron chi connectivity index (χ0n) is 10.7. The van der Waals surface area contributed by atoms with Gasteiger partial charge < -0.3 is 9.84 Å². The highest BCUT2D eigenvalue weighted by atomic mass is 127. The van der Waals surface area contributed by atoms with Crippen LogP contribution in [-0.2, 0) is 9.53 Å². The Balaban J connectivity index is 2.91. The molecule has 1 aromatic rings. The van der Waals surface area contributed by atoms with E-state index in [0.717, 1.165) is 17.1 Å². The van der Waals surface area contributed by atoms with Gasteiger partial charge >= 0.3 is 11.9 Å². The normalized spacial score (nSPS) is 12.0. The molecule has 0 aromatic heterocycles. The first-order valence-electron chi connectivity index (χ1n) is 5.92. The Labute approximate surface area is 158 Å². The van der Waals surface area contributed by atoms with Crippen LogP contribution in [0.5, 0.6) is 0 Å². The van der Waals surface area contributed by atoms with Gasteiger partial charge in [-0.3, -0.25) is 4.79 Å². The molecule has 7 heteroatoms. The SMILES string of the molecule is CCCC(CC(=O)O)OC(=O)c1cc(I)cc(I)c1I. The van der Waals surface area contributed by atoms with E-state index in [1.54, 1.807) is 6.07 Å². The van der Waals surface area contributed by atoms with Crippen LogP contribution in [0.1, 0.15) is 36.5 Å². The Hall–Kier alpha value is 0.350. The van der Waals surface area contributed by atoms with Gasteiger partial charge in [-0.2, -0.15) is 0 Å². The Bertz CT molecular complexity index is 517. The van der Waals surface area contributed by atoms with Crippen LogP contribution in [0.15, 0.2) is 12.1 Å². The third-order valence-electron chi connectivity index (χ3n) is 2.50. The zero-order chi connectivity index (χ0) is 15.3. The van der Waals surface area contributed by atoms with E-state index < -0.39 is 18.0 Å². The van der Waals surface area contributed by atoms with Crippen molar-refractivity contribution in [3.63, 3.8) is 0 Å². The quantitative estimate of drug-likeness (QED) is 0.295. The highest BCUT2D eigenvalue weighted by Crippen LogP contribution is 2.24. The van der Waals surface area contributed by atoms with Crippen LogP contribution in [0.2, 0.25) is 0 Å². The number of carbonyl (C=O) groups is 2. The van der Waals surface area contributed by atoms with Gasteiger partial charge in [-0.15, -0.1) is 0 Å². The summed E-state index contributed by atoms with van der Waals surface area (Å²) in [5.41, 5.74) is 0.494. The first-order valence-corrected chi connectivity index (χ1v) is 9.16. The summed E-state index contributed by atoms with van der Waals surface area (Å²) in [5, 5.41) is 8.84. The maximum Gasteiger partial charge on any atom is 0.339 e. The molecule has 0 aliphatic heterocycles. The average Bonchev–Trinajstić information content (AvgIpc) is 2.33. The molecular formula is C13H13I3O4. The molecule has 1 rings (SSSR count). The molecule has 0 aliphatic carbocycles. The number of carboxylic acids is 1. The fourth-order valence-corrected chi connectivity index (χ4v) is 4.02. The number of esters is 1. The molecule has 0 amide bonds. The molecule has 110 valence electrons. The van der Waals surface area contributed by atoms with E-state index in [4.69, 9.17) is 9.84 Å². The summed E-state index contributed by atoms with van der Waals surface area (Å²) in [7, 11) is 0. The Morgan fingerprint density at radius 1 is 1.30 bits per heavy atom. The van der Waals surface area contributed by atoms with Gasteiger partial charge in [0.1, 0.15) is 6.10 Å². The number of ether oxygens (including phenoxy) is 1.